The largest absolute Gasteiger partial charge is 0.249 e. The first kappa shape index (κ1) is 82.7. The van der Waals surface area contributed by atoms with E-state index in [-0.39, 0.29) is 37.1 Å². The summed E-state index contributed by atoms with van der Waals surface area (Å²) in [6, 6.07) is 96.0. The van der Waals surface area contributed by atoms with Crippen molar-refractivity contribution in [1.82, 2.24) is 22.9 Å². The quantitative estimate of drug-likeness (QED) is 0.122. The number of rotatable bonds is 2. The van der Waals surface area contributed by atoms with E-state index >= 15 is 0 Å². The van der Waals surface area contributed by atoms with Crippen molar-refractivity contribution >= 4 is 136 Å². The van der Waals surface area contributed by atoms with Gasteiger partial charge in [0.1, 0.15) is 33.1 Å². The Morgan fingerprint density at radius 2 is 0.534 bits per heavy atom. The van der Waals surface area contributed by atoms with Gasteiger partial charge in [-0.25, -0.2) is 0 Å². The van der Waals surface area contributed by atoms with Gasteiger partial charge in [0.15, 0.2) is 27.3 Å². The van der Waals surface area contributed by atoms with E-state index in [1.165, 1.54) is 220 Å². The van der Waals surface area contributed by atoms with Crippen molar-refractivity contribution in [2.24, 2.45) is 35.2 Å². The first-order valence-corrected chi connectivity index (χ1v) is 39.4. The zero-order chi connectivity index (χ0) is 78.1. The first-order valence-electron chi connectivity index (χ1n) is 39.4. The van der Waals surface area contributed by atoms with Crippen LogP contribution in [0.15, 0.2) is 286 Å². The van der Waals surface area contributed by atoms with Crippen LogP contribution in [0.25, 0.3) is 158 Å². The maximum Gasteiger partial charge on any atom is 0.249 e. The maximum absolute atomic E-state index is 2.38. The highest BCUT2D eigenvalue weighted by atomic mass is 15.4. The maximum atomic E-state index is 2.38. The second kappa shape index (κ2) is 32.4. The standard InChI is InChI=1S/C25H23N2.C23H19N2.C19H19N2.2C18H17N2.5CH4/c1-16-9-7-10-17(2)23(16)22-15-26(4)27-24-18(3)11-8-14-20(24)19-12-5-6-13-21(19)25(22)27;1-16-9-8-14-19-18-12-6-7-13-20(18)23-21(17-10-4-3-5-11-17)15-24(2)25(23)22(16)19;1-12-8-7-11-16-15-9-5-6-10-17(15)19-13(2)14(3)20(4)21(19)18(12)16;1-12-7-6-10-16-14-8-4-5-9-15(14)18-13(2)11-19(3)20(18)17(12)16;1-12-7-6-10-16-14-8-4-5-9-15(14)17-11-13(2)19(3)20(17)18(12)16;;;;;/h5-15H,1-4H3;3-15H,1-2H3;5-11H,1-4H3;2*4-11H,1-3H3;5*1H4/q5*+1;;;;;. The molecule has 0 amide bonds. The van der Waals surface area contributed by atoms with Crippen LogP contribution >= 0.6 is 0 Å². The number of para-hydroxylation sites is 5. The molecule has 118 heavy (non-hydrogen) atoms. The number of hydrogen-bond acceptors (Lipinski definition) is 0. The molecule has 0 atom stereocenters. The van der Waals surface area contributed by atoms with E-state index in [0.29, 0.717) is 0 Å². The Bertz CT molecular complexity index is 7620. The van der Waals surface area contributed by atoms with Crippen molar-refractivity contribution in [3.05, 3.63) is 347 Å². The molecule has 0 radical (unpaired) electrons. The van der Waals surface area contributed by atoms with E-state index in [4.69, 9.17) is 0 Å². The SMILES string of the molecule is C.C.C.C.C.Cc1cccc(C)c1-c1c[n+](C)n2c3c(C)cccc3c3ccccc3c12.Cc1cccc2c3ccccc3c3c(-c4ccccc4)c[n+](C)n3c12.Cc1cccc2c3ccccc3c3c(C)c(C)n(C)[n+]3c12.Cc1cccc2c3ccccc3c3c(C)c[n+](C)n3c12.Cc1cccc2c3ccccc3c3cc(C)n(C)[n+]3c12. The lowest BCUT2D eigenvalue weighted by Crippen LogP contribution is -2.34. The molecule has 10 heterocycles. The number of fused-ring (bicyclic) bond motifs is 30. The topological polar surface area (TPSA) is 42.9 Å². The van der Waals surface area contributed by atoms with Crippen LogP contribution in [-0.2, 0) is 35.2 Å². The lowest BCUT2D eigenvalue weighted by molar-refractivity contribution is -0.735. The minimum atomic E-state index is 0. The summed E-state index contributed by atoms with van der Waals surface area (Å²) in [7, 11) is 10.7. The highest BCUT2D eigenvalue weighted by Gasteiger charge is 2.29. The third kappa shape index (κ3) is 13.0. The number of aryl methyl sites for hydroxylation is 15. The molecule has 0 N–H and O–H groups in total. The van der Waals surface area contributed by atoms with E-state index < -0.39 is 0 Å². The van der Waals surface area contributed by atoms with Crippen molar-refractivity contribution in [3.8, 4) is 22.3 Å². The van der Waals surface area contributed by atoms with Crippen LogP contribution in [-0.4, -0.2) is 22.9 Å². The Morgan fingerprint density at radius 1 is 0.237 bits per heavy atom. The molecule has 22 aromatic rings. The van der Waals surface area contributed by atoms with Crippen LogP contribution in [0.3, 0.4) is 0 Å². The Morgan fingerprint density at radius 3 is 0.992 bits per heavy atom. The van der Waals surface area contributed by atoms with E-state index in [1.807, 2.05) is 0 Å². The van der Waals surface area contributed by atoms with Crippen LogP contribution in [0.2, 0.25) is 0 Å². The Hall–Kier alpha value is -13.3. The monoisotopic (exact) mass is 1550 g/mol. The van der Waals surface area contributed by atoms with Crippen LogP contribution in [0.1, 0.15) is 98.6 Å². The summed E-state index contributed by atoms with van der Waals surface area (Å²) >= 11 is 0. The van der Waals surface area contributed by atoms with E-state index in [2.05, 4.69) is 443 Å². The van der Waals surface area contributed by atoms with Crippen LogP contribution in [0, 0.1) is 76.2 Å². The molecule has 0 aliphatic carbocycles. The van der Waals surface area contributed by atoms with Crippen molar-refractivity contribution in [2.45, 2.75) is 113 Å². The van der Waals surface area contributed by atoms with E-state index in [1.54, 1.807) is 0 Å². The highest BCUT2D eigenvalue weighted by molar-refractivity contribution is 6.18. The van der Waals surface area contributed by atoms with Gasteiger partial charge in [-0.1, -0.05) is 283 Å². The molecule has 10 nitrogen and oxygen atoms in total. The van der Waals surface area contributed by atoms with Gasteiger partial charge in [-0.3, -0.25) is 0 Å². The molecule has 10 aromatic heterocycles. The van der Waals surface area contributed by atoms with Crippen molar-refractivity contribution < 1.29 is 23.1 Å². The molecule has 0 fully saturated rings. The minimum Gasteiger partial charge on any atom is -0.155 e. The summed E-state index contributed by atoms with van der Waals surface area (Å²) < 4.78 is 22.9. The van der Waals surface area contributed by atoms with Crippen molar-refractivity contribution in [1.29, 1.82) is 0 Å². The van der Waals surface area contributed by atoms with Gasteiger partial charge in [0.05, 0.1) is 58.2 Å². The van der Waals surface area contributed by atoms with Gasteiger partial charge in [-0.05, 0) is 156 Å². The third-order valence-corrected chi connectivity index (χ3v) is 24.2. The van der Waals surface area contributed by atoms with Gasteiger partial charge in [0.25, 0.3) is 0 Å². The van der Waals surface area contributed by atoms with E-state index in [0.717, 1.165) is 0 Å². The van der Waals surface area contributed by atoms with Gasteiger partial charge >= 0.3 is 0 Å². The zero-order valence-corrected chi connectivity index (χ0v) is 67.6. The zero-order valence-electron chi connectivity index (χ0n) is 67.6. The van der Waals surface area contributed by atoms with Gasteiger partial charge < -0.3 is 0 Å². The number of aromatic nitrogens is 10. The van der Waals surface area contributed by atoms with Gasteiger partial charge in [0.2, 0.25) is 34.5 Å². The molecule has 0 saturated carbocycles. The van der Waals surface area contributed by atoms with Gasteiger partial charge in [-0.2, -0.15) is 9.36 Å². The average molecular weight is 1550 g/mol. The first-order chi connectivity index (χ1) is 54.8. The fourth-order valence-corrected chi connectivity index (χ4v) is 18.8. The van der Waals surface area contributed by atoms with Crippen molar-refractivity contribution in [3.63, 3.8) is 0 Å². The Balaban J connectivity index is 0.000000127. The predicted molar refractivity (Wildman–Crippen MR) is 505 cm³/mol. The number of hydrogen-bond donors (Lipinski definition) is 0. The third-order valence-electron chi connectivity index (χ3n) is 24.2. The smallest absolute Gasteiger partial charge is 0.155 e. The Labute approximate surface area is 695 Å². The number of nitrogens with zero attached hydrogens (tertiary/aromatic N) is 10. The lowest BCUT2D eigenvalue weighted by Gasteiger charge is -2.11. The van der Waals surface area contributed by atoms with Crippen LogP contribution < -0.4 is 23.1 Å². The fourth-order valence-electron chi connectivity index (χ4n) is 18.8. The Kier molecular flexibility index (Phi) is 22.7. The fraction of sp³-hybridized carbons (Fsp3) is 0.194. The molecule has 22 rings (SSSR count). The van der Waals surface area contributed by atoms with E-state index in [9.17, 15) is 0 Å². The second-order valence-electron chi connectivity index (χ2n) is 31.2. The molecule has 0 unspecified atom stereocenters. The molecule has 0 bridgehead atoms. The lowest BCUT2D eigenvalue weighted by atomic mass is 9.94. The molecule has 0 spiro atoms. The molecule has 0 aliphatic rings. The van der Waals surface area contributed by atoms with Gasteiger partial charge in [-0.15, -0.1) is 27.6 Å². The molecule has 592 valence electrons. The number of pyridine rings is 5. The van der Waals surface area contributed by atoms with Crippen molar-refractivity contribution in [2.75, 3.05) is 0 Å². The minimum absolute atomic E-state index is 0. The summed E-state index contributed by atoms with van der Waals surface area (Å²) in [5, 5.41) is 19.7. The average Bonchev–Trinajstić information content (AvgIpc) is 1.54. The molecule has 10 heteroatoms. The second-order valence-corrected chi connectivity index (χ2v) is 31.2. The van der Waals surface area contributed by atoms with Crippen LogP contribution in [0.4, 0.5) is 0 Å². The normalized spacial score (nSPS) is 11.2. The number of benzene rings is 12. The van der Waals surface area contributed by atoms with Gasteiger partial charge in [0, 0.05) is 71.4 Å². The summed E-state index contributed by atoms with van der Waals surface area (Å²) in [6.45, 7) is 24.1. The summed E-state index contributed by atoms with van der Waals surface area (Å²) in [5.41, 5.74) is 32.5. The summed E-state index contributed by atoms with van der Waals surface area (Å²) in [6.07, 6.45) is 6.72. The molecular formula is C108H115N10+5. The molecule has 12 aromatic carbocycles. The molecule has 0 aliphatic heterocycles. The molecule has 0 saturated heterocycles. The molecular weight excluding hydrogens is 1440 g/mol. The van der Waals surface area contributed by atoms with Crippen LogP contribution in [0.5, 0.6) is 0 Å². The predicted octanol–water partition coefficient (Wildman–Crippen LogP) is 25.3. The summed E-state index contributed by atoms with van der Waals surface area (Å²) in [5.74, 6) is 0. The summed E-state index contributed by atoms with van der Waals surface area (Å²) in [4.78, 5) is 0. The highest BCUT2D eigenvalue weighted by Crippen LogP contribution is 2.41.